The maximum absolute atomic E-state index is 13.4. The van der Waals surface area contributed by atoms with Crippen molar-refractivity contribution in [3.8, 4) is 28.1 Å². The highest BCUT2D eigenvalue weighted by Crippen LogP contribution is 2.34. The van der Waals surface area contributed by atoms with E-state index in [0.717, 1.165) is 47.3 Å². The standard InChI is InChI=1S/C33H32FN3O3/c1-2-39-33(38)32-20-31(35-36-32)30-23-37(21-25-11-15-27(34)16-12-25)22-29(30)26-13-17-28(18-14-26)40-19-7-6-10-24-8-4-3-5-9-24/h3-5,8-9,11-18,20,22-23H,2,6-7,10,19,21H2,1H3,(H,35,36). The van der Waals surface area contributed by atoms with Crippen LogP contribution < -0.4 is 4.74 Å². The second kappa shape index (κ2) is 12.9. The van der Waals surface area contributed by atoms with Gasteiger partial charge in [-0.15, -0.1) is 0 Å². The van der Waals surface area contributed by atoms with Gasteiger partial charge in [0, 0.05) is 30.1 Å². The third kappa shape index (κ3) is 6.86. The summed E-state index contributed by atoms with van der Waals surface area (Å²) in [4.78, 5) is 12.2. The van der Waals surface area contributed by atoms with Gasteiger partial charge in [-0.1, -0.05) is 54.6 Å². The van der Waals surface area contributed by atoms with E-state index in [1.165, 1.54) is 17.7 Å². The molecule has 0 amide bonds. The Balaban J connectivity index is 1.31. The molecular formula is C33H32FN3O3. The van der Waals surface area contributed by atoms with Gasteiger partial charge in [-0.05, 0) is 73.2 Å². The summed E-state index contributed by atoms with van der Waals surface area (Å²) >= 11 is 0. The number of halogens is 1. The fraction of sp³-hybridized carbons (Fsp3) is 0.212. The van der Waals surface area contributed by atoms with Crippen molar-refractivity contribution in [3.63, 3.8) is 0 Å². The van der Waals surface area contributed by atoms with Gasteiger partial charge in [-0.25, -0.2) is 9.18 Å². The molecule has 2 aromatic heterocycles. The SMILES string of the molecule is CCOC(=O)c1cc(-c2cn(Cc3ccc(F)cc3)cc2-c2ccc(OCCCCc3ccccc3)cc2)n[nH]1. The molecule has 0 radical (unpaired) electrons. The molecule has 3 aromatic carbocycles. The second-order valence-electron chi connectivity index (χ2n) is 9.59. The van der Waals surface area contributed by atoms with E-state index < -0.39 is 5.97 Å². The van der Waals surface area contributed by atoms with Crippen LogP contribution in [-0.4, -0.2) is 33.9 Å². The molecule has 0 bridgehead atoms. The Morgan fingerprint density at radius 1 is 0.900 bits per heavy atom. The number of carbonyl (C=O) groups is 1. The molecule has 0 fully saturated rings. The lowest BCUT2D eigenvalue weighted by atomic mass is 10.0. The van der Waals surface area contributed by atoms with Crippen molar-refractivity contribution in [3.05, 3.63) is 120 Å². The van der Waals surface area contributed by atoms with Crippen LogP contribution in [0.4, 0.5) is 4.39 Å². The number of aromatic nitrogens is 3. The topological polar surface area (TPSA) is 69.1 Å². The predicted molar refractivity (Wildman–Crippen MR) is 154 cm³/mol. The molecule has 0 unspecified atom stereocenters. The number of nitrogens with one attached hydrogen (secondary N) is 1. The van der Waals surface area contributed by atoms with Crippen LogP contribution >= 0.6 is 0 Å². The predicted octanol–water partition coefficient (Wildman–Crippen LogP) is 7.31. The maximum atomic E-state index is 13.4. The van der Waals surface area contributed by atoms with Gasteiger partial charge in [-0.2, -0.15) is 5.10 Å². The quantitative estimate of drug-likeness (QED) is 0.134. The zero-order valence-electron chi connectivity index (χ0n) is 22.5. The Hall–Kier alpha value is -4.65. The van der Waals surface area contributed by atoms with Crippen molar-refractivity contribution < 1.29 is 18.7 Å². The normalized spacial score (nSPS) is 10.9. The highest BCUT2D eigenvalue weighted by atomic mass is 19.1. The first-order valence-corrected chi connectivity index (χ1v) is 13.5. The van der Waals surface area contributed by atoms with Crippen LogP contribution in [0.5, 0.6) is 5.75 Å². The second-order valence-corrected chi connectivity index (χ2v) is 9.59. The Kier molecular flexibility index (Phi) is 8.71. The van der Waals surface area contributed by atoms with Gasteiger partial charge in [-0.3, -0.25) is 5.10 Å². The minimum absolute atomic E-state index is 0.265. The molecule has 0 saturated carbocycles. The van der Waals surface area contributed by atoms with E-state index in [1.54, 1.807) is 25.1 Å². The first-order chi connectivity index (χ1) is 19.6. The zero-order chi connectivity index (χ0) is 27.7. The van der Waals surface area contributed by atoms with Gasteiger partial charge in [0.1, 0.15) is 17.3 Å². The molecule has 1 N–H and O–H groups in total. The molecule has 0 aliphatic rings. The lowest BCUT2D eigenvalue weighted by molar-refractivity contribution is 0.0519. The summed E-state index contributed by atoms with van der Waals surface area (Å²) in [5.41, 5.74) is 6.06. The van der Waals surface area contributed by atoms with E-state index in [-0.39, 0.29) is 12.4 Å². The number of hydrogen-bond acceptors (Lipinski definition) is 4. The van der Waals surface area contributed by atoms with Crippen molar-refractivity contribution in [2.75, 3.05) is 13.2 Å². The number of esters is 1. The van der Waals surface area contributed by atoms with E-state index in [9.17, 15) is 9.18 Å². The molecule has 5 rings (SSSR count). The number of ether oxygens (including phenoxy) is 2. The number of nitrogens with zero attached hydrogens (tertiary/aromatic N) is 2. The average Bonchev–Trinajstić information content (AvgIpc) is 3.63. The van der Waals surface area contributed by atoms with Crippen LogP contribution in [0.1, 0.15) is 41.4 Å². The Morgan fingerprint density at radius 3 is 2.40 bits per heavy atom. The fourth-order valence-electron chi connectivity index (χ4n) is 4.60. The maximum Gasteiger partial charge on any atom is 0.356 e. The summed E-state index contributed by atoms with van der Waals surface area (Å²) < 4.78 is 26.5. The molecule has 0 aliphatic carbocycles. The molecule has 5 aromatic rings. The first-order valence-electron chi connectivity index (χ1n) is 13.5. The van der Waals surface area contributed by atoms with Crippen LogP contribution in [0.3, 0.4) is 0 Å². The zero-order valence-corrected chi connectivity index (χ0v) is 22.5. The molecule has 2 heterocycles. The lowest BCUT2D eigenvalue weighted by Gasteiger charge is -2.08. The lowest BCUT2D eigenvalue weighted by Crippen LogP contribution is -2.04. The van der Waals surface area contributed by atoms with Crippen LogP contribution in [0.2, 0.25) is 0 Å². The molecular weight excluding hydrogens is 505 g/mol. The van der Waals surface area contributed by atoms with E-state index >= 15 is 0 Å². The van der Waals surface area contributed by atoms with Gasteiger partial charge in [0.25, 0.3) is 0 Å². The summed E-state index contributed by atoms with van der Waals surface area (Å²) in [5, 5.41) is 7.18. The number of rotatable bonds is 12. The van der Waals surface area contributed by atoms with Gasteiger partial charge in [0.15, 0.2) is 0 Å². The smallest absolute Gasteiger partial charge is 0.356 e. The van der Waals surface area contributed by atoms with Crippen molar-refractivity contribution in [1.29, 1.82) is 0 Å². The monoisotopic (exact) mass is 537 g/mol. The van der Waals surface area contributed by atoms with E-state index in [0.29, 0.717) is 24.5 Å². The van der Waals surface area contributed by atoms with Crippen LogP contribution in [0.15, 0.2) is 97.3 Å². The van der Waals surface area contributed by atoms with Crippen molar-refractivity contribution in [1.82, 2.24) is 14.8 Å². The minimum Gasteiger partial charge on any atom is -0.494 e. The Morgan fingerprint density at radius 2 is 1.65 bits per heavy atom. The minimum atomic E-state index is -0.446. The van der Waals surface area contributed by atoms with Crippen molar-refractivity contribution >= 4 is 5.97 Å². The van der Waals surface area contributed by atoms with Crippen LogP contribution in [0.25, 0.3) is 22.4 Å². The number of aromatic amines is 1. The summed E-state index contributed by atoms with van der Waals surface area (Å²) in [5.74, 6) is 0.109. The molecule has 204 valence electrons. The van der Waals surface area contributed by atoms with Crippen LogP contribution in [-0.2, 0) is 17.7 Å². The number of carbonyl (C=O) groups excluding carboxylic acids is 1. The average molecular weight is 538 g/mol. The van der Waals surface area contributed by atoms with Crippen LogP contribution in [0, 0.1) is 5.82 Å². The van der Waals surface area contributed by atoms with E-state index in [1.807, 2.05) is 47.3 Å². The molecule has 40 heavy (non-hydrogen) atoms. The van der Waals surface area contributed by atoms with Gasteiger partial charge in [0.05, 0.1) is 18.9 Å². The highest BCUT2D eigenvalue weighted by Gasteiger charge is 2.17. The largest absolute Gasteiger partial charge is 0.494 e. The summed E-state index contributed by atoms with van der Waals surface area (Å²) in [6.07, 6.45) is 7.13. The summed E-state index contributed by atoms with van der Waals surface area (Å²) in [7, 11) is 0. The molecule has 0 spiro atoms. The third-order valence-corrected chi connectivity index (χ3v) is 6.64. The van der Waals surface area contributed by atoms with E-state index in [2.05, 4.69) is 34.5 Å². The number of hydrogen-bond donors (Lipinski definition) is 1. The molecule has 0 aliphatic heterocycles. The molecule has 0 saturated heterocycles. The Labute approximate surface area is 233 Å². The molecule has 7 heteroatoms. The Bertz CT molecular complexity index is 1520. The van der Waals surface area contributed by atoms with E-state index in [4.69, 9.17) is 9.47 Å². The van der Waals surface area contributed by atoms with Gasteiger partial charge >= 0.3 is 5.97 Å². The highest BCUT2D eigenvalue weighted by molar-refractivity contribution is 5.90. The number of aryl methyl sites for hydroxylation is 1. The number of unbranched alkanes of at least 4 members (excludes halogenated alkanes) is 1. The molecule has 6 nitrogen and oxygen atoms in total. The first kappa shape index (κ1) is 26.9. The van der Waals surface area contributed by atoms with Gasteiger partial charge < -0.3 is 14.0 Å². The fourth-order valence-corrected chi connectivity index (χ4v) is 4.60. The third-order valence-electron chi connectivity index (χ3n) is 6.64. The van der Waals surface area contributed by atoms with Gasteiger partial charge in [0.2, 0.25) is 0 Å². The molecule has 0 atom stereocenters. The summed E-state index contributed by atoms with van der Waals surface area (Å²) in [6, 6.07) is 26.7. The van der Waals surface area contributed by atoms with Crippen molar-refractivity contribution in [2.45, 2.75) is 32.7 Å². The summed E-state index contributed by atoms with van der Waals surface area (Å²) in [6.45, 7) is 3.27. The number of benzene rings is 3. The van der Waals surface area contributed by atoms with Crippen molar-refractivity contribution in [2.24, 2.45) is 0 Å². The number of H-pyrrole nitrogens is 1.